The Morgan fingerprint density at radius 1 is 1.62 bits per heavy atom. The second kappa shape index (κ2) is 4.46. The zero-order chi connectivity index (χ0) is 9.68. The van der Waals surface area contributed by atoms with Crippen molar-refractivity contribution in [1.82, 2.24) is 10.6 Å². The normalized spacial score (nSPS) is 9.00. The summed E-state index contributed by atoms with van der Waals surface area (Å²) in [6.07, 6.45) is 0. The molecule has 0 saturated carbocycles. The van der Waals surface area contributed by atoms with Gasteiger partial charge in [0.2, 0.25) is 0 Å². The number of carbonyl (C=O) groups is 1. The van der Waals surface area contributed by atoms with Crippen molar-refractivity contribution in [3.8, 4) is 0 Å². The smallest absolute Gasteiger partial charge is 0.326 e. The standard InChI is InChI=1S/C7H10N4OS/c1-9-6(8)11-7(12)10-5-3-2-4-13-5/h2-4H,1H3,(H4,8,9,10,11,12). The van der Waals surface area contributed by atoms with Gasteiger partial charge in [0.25, 0.3) is 0 Å². The predicted molar refractivity (Wildman–Crippen MR) is 53.3 cm³/mol. The first-order valence-electron chi connectivity index (χ1n) is 3.60. The third-order valence-corrected chi connectivity index (χ3v) is 2.03. The molecule has 1 heterocycles. The third kappa shape index (κ3) is 3.12. The van der Waals surface area contributed by atoms with Crippen LogP contribution in [0.3, 0.4) is 0 Å². The zero-order valence-electron chi connectivity index (χ0n) is 7.05. The van der Waals surface area contributed by atoms with Crippen molar-refractivity contribution < 1.29 is 4.79 Å². The maximum absolute atomic E-state index is 11.1. The van der Waals surface area contributed by atoms with E-state index in [0.29, 0.717) is 0 Å². The molecule has 0 radical (unpaired) electrons. The zero-order valence-corrected chi connectivity index (χ0v) is 7.87. The van der Waals surface area contributed by atoms with Crippen LogP contribution in [0, 0.1) is 5.41 Å². The van der Waals surface area contributed by atoms with E-state index in [1.165, 1.54) is 11.3 Å². The van der Waals surface area contributed by atoms with Gasteiger partial charge in [0.1, 0.15) is 0 Å². The van der Waals surface area contributed by atoms with E-state index in [-0.39, 0.29) is 5.96 Å². The summed E-state index contributed by atoms with van der Waals surface area (Å²) in [6, 6.07) is 3.21. The lowest BCUT2D eigenvalue weighted by atomic mass is 10.6. The summed E-state index contributed by atoms with van der Waals surface area (Å²) in [5.74, 6) is -0.0333. The molecule has 13 heavy (non-hydrogen) atoms. The van der Waals surface area contributed by atoms with Crippen molar-refractivity contribution in [2.24, 2.45) is 0 Å². The SMILES string of the molecule is CNC(=N)NC(=O)Nc1cccs1. The van der Waals surface area contributed by atoms with Crippen LogP contribution >= 0.6 is 11.3 Å². The molecule has 0 aromatic carbocycles. The van der Waals surface area contributed by atoms with Gasteiger partial charge in [0, 0.05) is 7.05 Å². The van der Waals surface area contributed by atoms with E-state index in [0.717, 1.165) is 5.00 Å². The van der Waals surface area contributed by atoms with E-state index in [1.807, 2.05) is 11.4 Å². The largest absolute Gasteiger partial charge is 0.359 e. The van der Waals surface area contributed by atoms with Crippen LogP contribution in [-0.2, 0) is 0 Å². The molecule has 1 rings (SSSR count). The predicted octanol–water partition coefficient (Wildman–Crippen LogP) is 1.02. The summed E-state index contributed by atoms with van der Waals surface area (Å²) in [7, 11) is 1.56. The molecule has 0 aliphatic rings. The Labute approximate surface area is 79.7 Å². The van der Waals surface area contributed by atoms with Crippen LogP contribution in [-0.4, -0.2) is 19.0 Å². The fourth-order valence-electron chi connectivity index (χ4n) is 0.669. The number of hydrogen-bond acceptors (Lipinski definition) is 3. The first kappa shape index (κ1) is 9.53. The number of rotatable bonds is 1. The summed E-state index contributed by atoms with van der Waals surface area (Å²) < 4.78 is 0. The van der Waals surface area contributed by atoms with Crippen LogP contribution < -0.4 is 16.0 Å². The van der Waals surface area contributed by atoms with Gasteiger partial charge in [0.05, 0.1) is 5.00 Å². The molecule has 0 aliphatic carbocycles. The second-order valence-electron chi connectivity index (χ2n) is 2.18. The van der Waals surface area contributed by atoms with Crippen molar-refractivity contribution >= 4 is 28.3 Å². The molecular formula is C7H10N4OS. The quantitative estimate of drug-likeness (QED) is 0.401. The Morgan fingerprint density at radius 3 is 2.92 bits per heavy atom. The summed E-state index contributed by atoms with van der Waals surface area (Å²) in [4.78, 5) is 11.1. The Balaban J connectivity index is 2.38. The van der Waals surface area contributed by atoms with Crippen LogP contribution in [0.1, 0.15) is 0 Å². The lowest BCUT2D eigenvalue weighted by molar-refractivity contribution is 0.256. The van der Waals surface area contributed by atoms with Crippen LogP contribution in [0.15, 0.2) is 17.5 Å². The van der Waals surface area contributed by atoms with Crippen molar-refractivity contribution in [2.75, 3.05) is 12.4 Å². The molecule has 5 nitrogen and oxygen atoms in total. The molecule has 6 heteroatoms. The number of carbonyl (C=O) groups excluding carboxylic acids is 1. The van der Waals surface area contributed by atoms with Gasteiger partial charge in [-0.3, -0.25) is 16.0 Å². The third-order valence-electron chi connectivity index (χ3n) is 1.25. The van der Waals surface area contributed by atoms with Gasteiger partial charge in [-0.1, -0.05) is 0 Å². The summed E-state index contributed by atoms with van der Waals surface area (Å²) in [5, 5.41) is 17.1. The number of thiophene rings is 1. The Hall–Kier alpha value is -1.56. The van der Waals surface area contributed by atoms with E-state index in [2.05, 4.69) is 16.0 Å². The highest BCUT2D eigenvalue weighted by molar-refractivity contribution is 7.14. The highest BCUT2D eigenvalue weighted by Crippen LogP contribution is 2.14. The molecule has 70 valence electrons. The number of anilines is 1. The topological polar surface area (TPSA) is 77.0 Å². The van der Waals surface area contributed by atoms with Gasteiger partial charge in [-0.05, 0) is 17.5 Å². The molecule has 4 N–H and O–H groups in total. The first-order valence-corrected chi connectivity index (χ1v) is 4.48. The summed E-state index contributed by atoms with van der Waals surface area (Å²) in [6.45, 7) is 0. The Kier molecular flexibility index (Phi) is 3.27. The van der Waals surface area contributed by atoms with Crippen molar-refractivity contribution in [3.05, 3.63) is 17.5 Å². The van der Waals surface area contributed by atoms with Crippen LogP contribution in [0.25, 0.3) is 0 Å². The van der Waals surface area contributed by atoms with Crippen LogP contribution in [0.4, 0.5) is 9.80 Å². The van der Waals surface area contributed by atoms with Gasteiger partial charge in [-0.2, -0.15) is 0 Å². The number of hydrogen-bond donors (Lipinski definition) is 4. The van der Waals surface area contributed by atoms with Gasteiger partial charge < -0.3 is 5.32 Å². The van der Waals surface area contributed by atoms with E-state index >= 15 is 0 Å². The molecule has 0 atom stereocenters. The van der Waals surface area contributed by atoms with Crippen molar-refractivity contribution in [1.29, 1.82) is 5.41 Å². The number of guanidine groups is 1. The van der Waals surface area contributed by atoms with Crippen LogP contribution in [0.2, 0.25) is 0 Å². The number of nitrogens with one attached hydrogen (secondary N) is 4. The fourth-order valence-corrected chi connectivity index (χ4v) is 1.28. The second-order valence-corrected chi connectivity index (χ2v) is 3.13. The average molecular weight is 198 g/mol. The van der Waals surface area contributed by atoms with E-state index in [1.54, 1.807) is 13.1 Å². The lowest BCUT2D eigenvalue weighted by Gasteiger charge is -2.05. The Morgan fingerprint density at radius 2 is 2.38 bits per heavy atom. The maximum atomic E-state index is 11.1. The molecule has 0 saturated heterocycles. The molecule has 0 unspecified atom stereocenters. The highest BCUT2D eigenvalue weighted by atomic mass is 32.1. The molecule has 1 aromatic rings. The molecule has 2 amide bonds. The molecular weight excluding hydrogens is 188 g/mol. The summed E-state index contributed by atoms with van der Waals surface area (Å²) >= 11 is 1.42. The van der Waals surface area contributed by atoms with E-state index in [9.17, 15) is 4.79 Å². The fraction of sp³-hybridized carbons (Fsp3) is 0.143. The monoisotopic (exact) mass is 198 g/mol. The molecule has 1 aromatic heterocycles. The Bertz CT molecular complexity index is 295. The minimum Gasteiger partial charge on any atom is -0.359 e. The van der Waals surface area contributed by atoms with E-state index < -0.39 is 6.03 Å². The van der Waals surface area contributed by atoms with Gasteiger partial charge >= 0.3 is 6.03 Å². The van der Waals surface area contributed by atoms with Crippen molar-refractivity contribution in [3.63, 3.8) is 0 Å². The van der Waals surface area contributed by atoms with Gasteiger partial charge in [-0.15, -0.1) is 11.3 Å². The first-order chi connectivity index (χ1) is 6.22. The molecule has 0 bridgehead atoms. The average Bonchev–Trinajstić information content (AvgIpc) is 2.56. The van der Waals surface area contributed by atoms with Gasteiger partial charge in [-0.25, -0.2) is 4.79 Å². The minimum absolute atomic E-state index is 0.0333. The minimum atomic E-state index is -0.415. The van der Waals surface area contributed by atoms with Crippen molar-refractivity contribution in [2.45, 2.75) is 0 Å². The highest BCUT2D eigenvalue weighted by Gasteiger charge is 2.02. The number of urea groups is 1. The lowest BCUT2D eigenvalue weighted by Crippen LogP contribution is -2.40. The maximum Gasteiger partial charge on any atom is 0.326 e. The van der Waals surface area contributed by atoms with Gasteiger partial charge in [0.15, 0.2) is 5.96 Å². The summed E-state index contributed by atoms with van der Waals surface area (Å²) in [5.41, 5.74) is 0. The molecule has 0 aliphatic heterocycles. The molecule has 0 fully saturated rings. The van der Waals surface area contributed by atoms with Crippen LogP contribution in [0.5, 0.6) is 0 Å². The molecule has 0 spiro atoms. The number of amides is 2. The van der Waals surface area contributed by atoms with E-state index in [4.69, 9.17) is 5.41 Å².